The van der Waals surface area contributed by atoms with Crippen LogP contribution in [-0.2, 0) is 0 Å². The maximum Gasteiger partial charge on any atom is 0.193 e. The molecule has 2 aromatic carbocycles. The van der Waals surface area contributed by atoms with Crippen molar-refractivity contribution in [2.45, 2.75) is 13.0 Å². The number of ketones is 1. The fourth-order valence-electron chi connectivity index (χ4n) is 2.68. The summed E-state index contributed by atoms with van der Waals surface area (Å²) in [4.78, 5) is 13.0. The van der Waals surface area contributed by atoms with Gasteiger partial charge in [0.25, 0.3) is 0 Å². The minimum Gasteiger partial charge on any atom is -0.351 e. The molecule has 23 heavy (non-hydrogen) atoms. The van der Waals surface area contributed by atoms with Crippen LogP contribution in [0, 0.1) is 0 Å². The molecule has 116 valence electrons. The molecule has 0 bridgehead atoms. The van der Waals surface area contributed by atoms with Gasteiger partial charge in [0, 0.05) is 21.3 Å². The molecule has 2 N–H and O–H groups in total. The van der Waals surface area contributed by atoms with Gasteiger partial charge in [-0.05, 0) is 30.8 Å². The SMILES string of the molecule is CC1=C(C(=O)c2ccccc2)C(c2ccccc2Br)NC(=S)N1. The molecule has 0 amide bonds. The highest BCUT2D eigenvalue weighted by atomic mass is 79.9. The lowest BCUT2D eigenvalue weighted by atomic mass is 9.90. The average molecular weight is 387 g/mol. The van der Waals surface area contributed by atoms with E-state index in [1.165, 1.54) is 0 Å². The van der Waals surface area contributed by atoms with Crippen LogP contribution in [0.4, 0.5) is 0 Å². The third kappa shape index (κ3) is 3.21. The van der Waals surface area contributed by atoms with E-state index in [0.29, 0.717) is 16.2 Å². The summed E-state index contributed by atoms with van der Waals surface area (Å²) in [6.45, 7) is 1.88. The maximum atomic E-state index is 13.0. The van der Waals surface area contributed by atoms with Gasteiger partial charge in [-0.25, -0.2) is 0 Å². The van der Waals surface area contributed by atoms with Crippen LogP contribution in [0.3, 0.4) is 0 Å². The fourth-order valence-corrected chi connectivity index (χ4v) is 3.47. The van der Waals surface area contributed by atoms with Crippen LogP contribution in [0.15, 0.2) is 70.3 Å². The molecule has 2 aromatic rings. The maximum absolute atomic E-state index is 13.0. The summed E-state index contributed by atoms with van der Waals surface area (Å²) in [5.74, 6) is -0.00801. The predicted molar refractivity (Wildman–Crippen MR) is 99.2 cm³/mol. The molecular weight excluding hydrogens is 372 g/mol. The van der Waals surface area contributed by atoms with Crippen molar-refractivity contribution in [1.82, 2.24) is 10.6 Å². The topological polar surface area (TPSA) is 41.1 Å². The van der Waals surface area contributed by atoms with E-state index >= 15 is 0 Å². The van der Waals surface area contributed by atoms with Crippen molar-refractivity contribution >= 4 is 39.0 Å². The number of Topliss-reactive ketones (excluding diaryl/α,β-unsaturated/α-hetero) is 1. The fraction of sp³-hybridized carbons (Fsp3) is 0.111. The summed E-state index contributed by atoms with van der Waals surface area (Å²) in [6, 6.07) is 16.8. The summed E-state index contributed by atoms with van der Waals surface area (Å²) < 4.78 is 0.938. The molecule has 0 saturated carbocycles. The molecule has 0 fully saturated rings. The smallest absolute Gasteiger partial charge is 0.193 e. The zero-order chi connectivity index (χ0) is 16.4. The Bertz CT molecular complexity index is 802. The highest BCUT2D eigenvalue weighted by Gasteiger charge is 2.31. The molecule has 3 rings (SSSR count). The van der Waals surface area contributed by atoms with Gasteiger partial charge in [-0.1, -0.05) is 64.5 Å². The summed E-state index contributed by atoms with van der Waals surface area (Å²) in [7, 11) is 0. The highest BCUT2D eigenvalue weighted by Crippen LogP contribution is 2.33. The van der Waals surface area contributed by atoms with E-state index in [9.17, 15) is 4.79 Å². The molecule has 0 aliphatic carbocycles. The second-order valence-electron chi connectivity index (χ2n) is 5.29. The molecule has 0 spiro atoms. The van der Waals surface area contributed by atoms with Gasteiger partial charge in [-0.2, -0.15) is 0 Å². The van der Waals surface area contributed by atoms with Crippen molar-refractivity contribution in [2.75, 3.05) is 0 Å². The van der Waals surface area contributed by atoms with Crippen LogP contribution < -0.4 is 10.6 Å². The van der Waals surface area contributed by atoms with E-state index in [4.69, 9.17) is 12.2 Å². The monoisotopic (exact) mass is 386 g/mol. The normalized spacial score (nSPS) is 17.5. The Morgan fingerprint density at radius 1 is 1.09 bits per heavy atom. The molecule has 1 atom stereocenters. The first-order valence-corrected chi connectivity index (χ1v) is 8.40. The largest absolute Gasteiger partial charge is 0.351 e. The molecule has 0 aromatic heterocycles. The van der Waals surface area contributed by atoms with Gasteiger partial charge in [0.15, 0.2) is 10.9 Å². The van der Waals surface area contributed by atoms with Gasteiger partial charge >= 0.3 is 0 Å². The Balaban J connectivity index is 2.10. The van der Waals surface area contributed by atoms with Crippen LogP contribution in [0.2, 0.25) is 0 Å². The standard InChI is InChI=1S/C18H15BrN2OS/c1-11-15(17(22)12-7-3-2-4-8-12)16(21-18(23)20-11)13-9-5-6-10-14(13)19/h2-10,16H,1H3,(H2,20,21,23). The number of halogens is 1. The van der Waals surface area contributed by atoms with Crippen LogP contribution in [0.25, 0.3) is 0 Å². The zero-order valence-electron chi connectivity index (χ0n) is 12.5. The molecule has 1 aliphatic rings. The van der Waals surface area contributed by atoms with Crippen molar-refractivity contribution in [1.29, 1.82) is 0 Å². The van der Waals surface area contributed by atoms with Crippen molar-refractivity contribution < 1.29 is 4.79 Å². The zero-order valence-corrected chi connectivity index (χ0v) is 14.9. The molecule has 1 aliphatic heterocycles. The summed E-state index contributed by atoms with van der Waals surface area (Å²) in [5, 5.41) is 6.80. The lowest BCUT2D eigenvalue weighted by Crippen LogP contribution is -2.45. The Morgan fingerprint density at radius 2 is 1.74 bits per heavy atom. The highest BCUT2D eigenvalue weighted by molar-refractivity contribution is 9.10. The molecular formula is C18H15BrN2OS. The van der Waals surface area contributed by atoms with Crippen LogP contribution in [0.5, 0.6) is 0 Å². The number of rotatable bonds is 3. The number of nitrogens with one attached hydrogen (secondary N) is 2. The summed E-state index contributed by atoms with van der Waals surface area (Å²) in [6.07, 6.45) is 0. The molecule has 0 radical (unpaired) electrons. The second kappa shape index (κ2) is 6.64. The van der Waals surface area contributed by atoms with Gasteiger partial charge in [-0.15, -0.1) is 0 Å². The van der Waals surface area contributed by atoms with Crippen molar-refractivity contribution in [2.24, 2.45) is 0 Å². The number of benzene rings is 2. The third-order valence-corrected chi connectivity index (χ3v) is 4.71. The van der Waals surface area contributed by atoms with Gasteiger partial charge in [0.2, 0.25) is 0 Å². The molecule has 3 nitrogen and oxygen atoms in total. The first-order valence-electron chi connectivity index (χ1n) is 7.20. The van der Waals surface area contributed by atoms with Gasteiger partial charge in [-0.3, -0.25) is 4.79 Å². The predicted octanol–water partition coefficient (Wildman–Crippen LogP) is 4.12. The van der Waals surface area contributed by atoms with Crippen LogP contribution in [-0.4, -0.2) is 10.9 Å². The first kappa shape index (κ1) is 15.9. The summed E-state index contributed by atoms with van der Waals surface area (Å²) >= 11 is 8.84. The average Bonchev–Trinajstić information content (AvgIpc) is 2.55. The molecule has 5 heteroatoms. The lowest BCUT2D eigenvalue weighted by molar-refractivity contribution is 0.102. The minimum atomic E-state index is -0.285. The molecule has 1 unspecified atom stereocenters. The van der Waals surface area contributed by atoms with E-state index in [1.54, 1.807) is 0 Å². The van der Waals surface area contributed by atoms with E-state index in [0.717, 1.165) is 15.7 Å². The van der Waals surface area contributed by atoms with Crippen LogP contribution in [0.1, 0.15) is 28.9 Å². The van der Waals surface area contributed by atoms with Crippen molar-refractivity contribution in [3.63, 3.8) is 0 Å². The first-order chi connectivity index (χ1) is 11.1. The van der Waals surface area contributed by atoms with Gasteiger partial charge in [0.1, 0.15) is 0 Å². The van der Waals surface area contributed by atoms with Crippen molar-refractivity contribution in [3.8, 4) is 0 Å². The quantitative estimate of drug-likeness (QED) is 0.614. The Morgan fingerprint density at radius 3 is 2.43 bits per heavy atom. The second-order valence-corrected chi connectivity index (χ2v) is 6.55. The number of allylic oxidation sites excluding steroid dienone is 1. The molecule has 1 heterocycles. The van der Waals surface area contributed by atoms with E-state index in [1.807, 2.05) is 61.5 Å². The van der Waals surface area contributed by atoms with E-state index in [2.05, 4.69) is 26.6 Å². The van der Waals surface area contributed by atoms with Gasteiger partial charge < -0.3 is 10.6 Å². The van der Waals surface area contributed by atoms with E-state index < -0.39 is 0 Å². The number of carbonyl (C=O) groups excluding carboxylic acids is 1. The van der Waals surface area contributed by atoms with Crippen LogP contribution >= 0.6 is 28.1 Å². The Kier molecular flexibility index (Phi) is 4.59. The Hall–Kier alpha value is -1.98. The summed E-state index contributed by atoms with van der Waals surface area (Å²) in [5.41, 5.74) is 3.10. The third-order valence-electron chi connectivity index (χ3n) is 3.77. The number of hydrogen-bond donors (Lipinski definition) is 2. The van der Waals surface area contributed by atoms with Gasteiger partial charge in [0.05, 0.1) is 6.04 Å². The lowest BCUT2D eigenvalue weighted by Gasteiger charge is -2.31. The van der Waals surface area contributed by atoms with E-state index in [-0.39, 0.29) is 11.8 Å². The van der Waals surface area contributed by atoms with Crippen molar-refractivity contribution in [3.05, 3.63) is 81.5 Å². The Labute approximate surface area is 148 Å². The number of carbonyl (C=O) groups is 1. The molecule has 0 saturated heterocycles. The minimum absolute atomic E-state index is 0.00801. The number of hydrogen-bond acceptors (Lipinski definition) is 2. The number of thiocarbonyl (C=S) groups is 1.